The lowest BCUT2D eigenvalue weighted by Crippen LogP contribution is -2.35. The van der Waals surface area contributed by atoms with Gasteiger partial charge in [-0.1, -0.05) is 6.42 Å². The number of rotatable bonds is 12. The fraction of sp³-hybridized carbons (Fsp3) is 0.550. The predicted molar refractivity (Wildman–Crippen MR) is 110 cm³/mol. The molecule has 0 saturated heterocycles. The summed E-state index contributed by atoms with van der Waals surface area (Å²) in [6.45, 7) is 1.50. The zero-order valence-corrected chi connectivity index (χ0v) is 17.2. The number of ether oxygens (including phenoxy) is 3. The van der Waals surface area contributed by atoms with Crippen LogP contribution in [-0.2, 0) is 16.1 Å². The Labute approximate surface area is 169 Å². The molecule has 160 valence electrons. The monoisotopic (exact) mass is 407 g/mol. The molecular formula is C20H29N3O6. The summed E-state index contributed by atoms with van der Waals surface area (Å²) in [5, 5.41) is 3.19. The second kappa shape index (κ2) is 11.3. The summed E-state index contributed by atoms with van der Waals surface area (Å²) in [6.07, 6.45) is 3.26. The number of hydrogen-bond acceptors (Lipinski definition) is 6. The van der Waals surface area contributed by atoms with E-state index in [1.54, 1.807) is 19.2 Å². The van der Waals surface area contributed by atoms with Gasteiger partial charge in [0.25, 0.3) is 5.56 Å². The van der Waals surface area contributed by atoms with Crippen molar-refractivity contribution < 1.29 is 19.0 Å². The lowest BCUT2D eigenvalue weighted by Gasteiger charge is -2.10. The van der Waals surface area contributed by atoms with Gasteiger partial charge in [-0.15, -0.1) is 0 Å². The van der Waals surface area contributed by atoms with E-state index in [1.807, 2.05) is 0 Å². The van der Waals surface area contributed by atoms with E-state index in [1.165, 1.54) is 18.8 Å². The minimum absolute atomic E-state index is 0.00265. The predicted octanol–water partition coefficient (Wildman–Crippen LogP) is 1.42. The molecular weight excluding hydrogens is 378 g/mol. The Bertz CT molecular complexity index is 934. The Morgan fingerprint density at radius 2 is 1.76 bits per heavy atom. The Kier molecular flexibility index (Phi) is 8.72. The smallest absolute Gasteiger partial charge is 0.328 e. The molecule has 2 aromatic rings. The van der Waals surface area contributed by atoms with E-state index in [0.29, 0.717) is 54.8 Å². The van der Waals surface area contributed by atoms with E-state index in [2.05, 4.69) is 10.3 Å². The Balaban J connectivity index is 1.94. The molecule has 0 aliphatic carbocycles. The summed E-state index contributed by atoms with van der Waals surface area (Å²) in [4.78, 5) is 39.5. The minimum Gasteiger partial charge on any atom is -0.493 e. The molecule has 1 heterocycles. The summed E-state index contributed by atoms with van der Waals surface area (Å²) in [5.41, 5.74) is -0.440. The number of nitrogens with one attached hydrogen (secondary N) is 2. The first-order chi connectivity index (χ1) is 14.0. The lowest BCUT2D eigenvalue weighted by molar-refractivity contribution is -0.121. The molecule has 1 aromatic carbocycles. The zero-order valence-electron chi connectivity index (χ0n) is 17.2. The highest BCUT2D eigenvalue weighted by atomic mass is 16.5. The van der Waals surface area contributed by atoms with E-state index in [-0.39, 0.29) is 18.0 Å². The summed E-state index contributed by atoms with van der Waals surface area (Å²) < 4.78 is 16.6. The molecule has 1 amide bonds. The second-order valence-electron chi connectivity index (χ2n) is 6.65. The largest absolute Gasteiger partial charge is 0.493 e. The van der Waals surface area contributed by atoms with Crippen LogP contribution in [-0.4, -0.2) is 49.9 Å². The van der Waals surface area contributed by atoms with Crippen molar-refractivity contribution in [2.75, 3.05) is 34.5 Å². The first-order valence-electron chi connectivity index (χ1n) is 9.66. The maximum Gasteiger partial charge on any atom is 0.328 e. The van der Waals surface area contributed by atoms with Crippen molar-refractivity contribution in [3.05, 3.63) is 33.0 Å². The highest BCUT2D eigenvalue weighted by molar-refractivity contribution is 5.81. The molecule has 9 heteroatoms. The number of methoxy groups -OCH3 is 3. The van der Waals surface area contributed by atoms with Crippen molar-refractivity contribution in [2.24, 2.45) is 0 Å². The van der Waals surface area contributed by atoms with Crippen LogP contribution in [0.2, 0.25) is 0 Å². The van der Waals surface area contributed by atoms with Gasteiger partial charge in [-0.3, -0.25) is 14.2 Å². The molecule has 0 fully saturated rings. The maximum absolute atomic E-state index is 12.7. The van der Waals surface area contributed by atoms with Crippen LogP contribution in [0.15, 0.2) is 21.7 Å². The van der Waals surface area contributed by atoms with Gasteiger partial charge in [0.1, 0.15) is 0 Å². The lowest BCUT2D eigenvalue weighted by atomic mass is 10.2. The first-order valence-corrected chi connectivity index (χ1v) is 9.66. The van der Waals surface area contributed by atoms with Gasteiger partial charge in [0.2, 0.25) is 5.91 Å². The molecule has 0 aliphatic heterocycles. The number of unbranched alkanes of at least 4 members (excludes halogenated alkanes) is 2. The molecule has 29 heavy (non-hydrogen) atoms. The summed E-state index contributed by atoms with van der Waals surface area (Å²) in [7, 11) is 4.60. The Hall–Kier alpha value is -2.81. The van der Waals surface area contributed by atoms with Crippen LogP contribution >= 0.6 is 0 Å². The van der Waals surface area contributed by atoms with E-state index < -0.39 is 5.69 Å². The van der Waals surface area contributed by atoms with Crippen LogP contribution in [0.5, 0.6) is 11.5 Å². The number of carbonyl (C=O) groups is 1. The number of H-pyrrole nitrogens is 1. The van der Waals surface area contributed by atoms with Gasteiger partial charge >= 0.3 is 5.69 Å². The van der Waals surface area contributed by atoms with Gasteiger partial charge in [-0.25, -0.2) is 4.79 Å². The molecule has 0 unspecified atom stereocenters. The molecule has 0 aliphatic rings. The second-order valence-corrected chi connectivity index (χ2v) is 6.65. The minimum atomic E-state index is -0.467. The van der Waals surface area contributed by atoms with E-state index in [9.17, 15) is 14.4 Å². The van der Waals surface area contributed by atoms with Crippen molar-refractivity contribution in [3.8, 4) is 11.5 Å². The van der Waals surface area contributed by atoms with Crippen molar-refractivity contribution in [1.82, 2.24) is 14.9 Å². The molecule has 0 spiro atoms. The molecule has 0 bridgehead atoms. The zero-order chi connectivity index (χ0) is 21.2. The van der Waals surface area contributed by atoms with Crippen molar-refractivity contribution >= 4 is 16.8 Å². The van der Waals surface area contributed by atoms with Crippen LogP contribution < -0.4 is 26.0 Å². The van der Waals surface area contributed by atoms with Crippen molar-refractivity contribution in [2.45, 2.75) is 38.6 Å². The maximum atomic E-state index is 12.7. The molecule has 0 atom stereocenters. The molecule has 1 aromatic heterocycles. The highest BCUT2D eigenvalue weighted by Gasteiger charge is 2.12. The van der Waals surface area contributed by atoms with Gasteiger partial charge in [0.05, 0.1) is 25.1 Å². The van der Waals surface area contributed by atoms with Gasteiger partial charge in [-0.2, -0.15) is 0 Å². The summed E-state index contributed by atoms with van der Waals surface area (Å²) in [5.74, 6) is 0.864. The average Bonchev–Trinajstić information content (AvgIpc) is 2.72. The van der Waals surface area contributed by atoms with Crippen LogP contribution in [0.25, 0.3) is 10.9 Å². The first kappa shape index (κ1) is 22.5. The number of aromatic nitrogens is 2. The van der Waals surface area contributed by atoms with Gasteiger partial charge < -0.3 is 24.5 Å². The quantitative estimate of drug-likeness (QED) is 0.515. The van der Waals surface area contributed by atoms with Crippen LogP contribution in [0, 0.1) is 0 Å². The summed E-state index contributed by atoms with van der Waals surface area (Å²) >= 11 is 0. The van der Waals surface area contributed by atoms with E-state index in [4.69, 9.17) is 14.2 Å². The number of benzene rings is 1. The summed E-state index contributed by atoms with van der Waals surface area (Å²) in [6, 6.07) is 3.14. The van der Waals surface area contributed by atoms with Crippen LogP contribution in [0.4, 0.5) is 0 Å². The van der Waals surface area contributed by atoms with Gasteiger partial charge in [0, 0.05) is 39.3 Å². The average molecular weight is 407 g/mol. The highest BCUT2D eigenvalue weighted by Crippen LogP contribution is 2.29. The molecule has 2 rings (SSSR count). The molecule has 9 nitrogen and oxygen atoms in total. The third kappa shape index (κ3) is 6.08. The molecule has 2 N–H and O–H groups in total. The third-order valence-electron chi connectivity index (χ3n) is 4.62. The number of aromatic amines is 1. The number of amides is 1. The van der Waals surface area contributed by atoms with E-state index >= 15 is 0 Å². The molecule has 0 radical (unpaired) electrons. The van der Waals surface area contributed by atoms with Crippen molar-refractivity contribution in [1.29, 1.82) is 0 Å². The standard InChI is InChI=1S/C20H29N3O6/c1-27-11-7-9-21-18(24)8-5-4-6-10-23-19(25)14-12-16(28-2)17(29-3)13-15(14)22-20(23)26/h12-13H,4-11H2,1-3H3,(H,21,24)(H,22,26). The molecule has 0 saturated carbocycles. The van der Waals surface area contributed by atoms with Gasteiger partial charge in [0.15, 0.2) is 11.5 Å². The number of nitrogens with zero attached hydrogens (tertiary/aromatic N) is 1. The fourth-order valence-corrected chi connectivity index (χ4v) is 3.05. The van der Waals surface area contributed by atoms with Gasteiger partial charge in [-0.05, 0) is 25.3 Å². The topological polar surface area (TPSA) is 112 Å². The number of hydrogen-bond donors (Lipinski definition) is 2. The SMILES string of the molecule is COCCCNC(=O)CCCCCn1c(=O)[nH]c2cc(OC)c(OC)cc2c1=O. The number of fused-ring (bicyclic) bond motifs is 1. The van der Waals surface area contributed by atoms with Crippen molar-refractivity contribution in [3.63, 3.8) is 0 Å². The Morgan fingerprint density at radius 3 is 2.45 bits per heavy atom. The third-order valence-corrected chi connectivity index (χ3v) is 4.62. The van der Waals surface area contributed by atoms with E-state index in [0.717, 1.165) is 12.8 Å². The van der Waals surface area contributed by atoms with Crippen LogP contribution in [0.3, 0.4) is 0 Å². The fourth-order valence-electron chi connectivity index (χ4n) is 3.05. The number of carbonyl (C=O) groups excluding carboxylic acids is 1. The normalized spacial score (nSPS) is 10.9. The van der Waals surface area contributed by atoms with Crippen LogP contribution in [0.1, 0.15) is 32.1 Å². The Morgan fingerprint density at radius 1 is 1.03 bits per heavy atom.